The van der Waals surface area contributed by atoms with Crippen molar-refractivity contribution in [2.75, 3.05) is 19.0 Å². The first-order valence-electron chi connectivity index (χ1n) is 12.3. The van der Waals surface area contributed by atoms with Crippen molar-refractivity contribution in [2.45, 2.75) is 26.2 Å². The molecule has 5 aromatic rings. The van der Waals surface area contributed by atoms with Crippen LogP contribution in [0.4, 0.5) is 5.69 Å². The zero-order valence-corrected chi connectivity index (χ0v) is 21.6. The maximum Gasteiger partial charge on any atom is 0.182 e. The van der Waals surface area contributed by atoms with Gasteiger partial charge >= 0.3 is 0 Å². The Bertz CT molecular complexity index is 1440. The molecule has 4 nitrogen and oxygen atoms in total. The van der Waals surface area contributed by atoms with Gasteiger partial charge in [0.15, 0.2) is 11.6 Å². The van der Waals surface area contributed by atoms with E-state index in [0.717, 1.165) is 28.3 Å². The number of rotatable bonds is 5. The van der Waals surface area contributed by atoms with E-state index in [-0.39, 0.29) is 5.41 Å². The fourth-order valence-corrected chi connectivity index (χ4v) is 4.25. The third-order valence-electron chi connectivity index (χ3n) is 6.48. The van der Waals surface area contributed by atoms with E-state index < -0.39 is 0 Å². The predicted molar refractivity (Wildman–Crippen MR) is 151 cm³/mol. The molecule has 0 saturated heterocycles. The van der Waals surface area contributed by atoms with E-state index in [4.69, 9.17) is 10.1 Å². The molecule has 0 N–H and O–H groups in total. The van der Waals surface area contributed by atoms with Crippen LogP contribution in [-0.4, -0.2) is 28.9 Å². The second-order valence-corrected chi connectivity index (χ2v) is 10.4. The normalized spacial score (nSPS) is 11.5. The average molecular weight is 473 g/mol. The SMILES string of the molecule is CN(C)c1ccc(-c2nc(-c3ccc(-c4ccccc4)cc3)nn2-c2ccc(C(C)(C)C)cc2)cc1. The molecule has 0 aliphatic carbocycles. The molecule has 1 aromatic heterocycles. The Kier molecular flexibility index (Phi) is 6.19. The topological polar surface area (TPSA) is 34.0 Å². The van der Waals surface area contributed by atoms with Crippen molar-refractivity contribution >= 4 is 5.69 Å². The highest BCUT2D eigenvalue weighted by Crippen LogP contribution is 2.30. The minimum absolute atomic E-state index is 0.0946. The van der Waals surface area contributed by atoms with Crippen molar-refractivity contribution in [2.24, 2.45) is 0 Å². The van der Waals surface area contributed by atoms with Gasteiger partial charge in [0.2, 0.25) is 0 Å². The van der Waals surface area contributed by atoms with E-state index in [2.05, 4.69) is 123 Å². The Morgan fingerprint density at radius 3 is 1.75 bits per heavy atom. The standard InChI is InChI=1S/C32H32N4/c1-32(2,3)27-17-21-29(22-18-27)36-31(26-15-19-28(20-16-26)35(4)5)33-30(34-36)25-13-11-24(12-14-25)23-9-7-6-8-10-23/h6-22H,1-5H3. The molecule has 0 amide bonds. The van der Waals surface area contributed by atoms with Gasteiger partial charge in [0.05, 0.1) is 5.69 Å². The minimum Gasteiger partial charge on any atom is -0.378 e. The van der Waals surface area contributed by atoms with Crippen molar-refractivity contribution in [3.63, 3.8) is 0 Å². The molecule has 36 heavy (non-hydrogen) atoms. The number of hydrogen-bond donors (Lipinski definition) is 0. The summed E-state index contributed by atoms with van der Waals surface area (Å²) in [4.78, 5) is 7.11. The summed E-state index contributed by atoms with van der Waals surface area (Å²) in [6, 6.07) is 36.0. The number of aromatic nitrogens is 3. The summed E-state index contributed by atoms with van der Waals surface area (Å²) in [5.74, 6) is 1.53. The zero-order chi connectivity index (χ0) is 25.3. The summed E-state index contributed by atoms with van der Waals surface area (Å²) in [5.41, 5.74) is 7.92. The first-order valence-corrected chi connectivity index (χ1v) is 12.3. The largest absolute Gasteiger partial charge is 0.378 e. The maximum absolute atomic E-state index is 5.01. The quantitative estimate of drug-likeness (QED) is 0.264. The van der Waals surface area contributed by atoms with Crippen LogP contribution in [0.2, 0.25) is 0 Å². The van der Waals surface area contributed by atoms with E-state index in [1.165, 1.54) is 16.7 Å². The van der Waals surface area contributed by atoms with Gasteiger partial charge in [0.1, 0.15) is 0 Å². The van der Waals surface area contributed by atoms with Crippen LogP contribution in [0.1, 0.15) is 26.3 Å². The van der Waals surface area contributed by atoms with Crippen LogP contribution in [0.3, 0.4) is 0 Å². The summed E-state index contributed by atoms with van der Waals surface area (Å²) in [6.45, 7) is 6.69. The third-order valence-corrected chi connectivity index (χ3v) is 6.48. The molecule has 180 valence electrons. The Hall–Kier alpha value is -4.18. The Morgan fingerprint density at radius 1 is 0.611 bits per heavy atom. The minimum atomic E-state index is 0.0946. The van der Waals surface area contributed by atoms with Crippen LogP contribution >= 0.6 is 0 Å². The Balaban J connectivity index is 1.57. The molecule has 0 atom stereocenters. The van der Waals surface area contributed by atoms with Gasteiger partial charge in [0, 0.05) is 30.9 Å². The van der Waals surface area contributed by atoms with Gasteiger partial charge in [-0.1, -0.05) is 87.5 Å². The van der Waals surface area contributed by atoms with Gasteiger partial charge in [-0.2, -0.15) is 0 Å². The second kappa shape index (κ2) is 9.46. The lowest BCUT2D eigenvalue weighted by Gasteiger charge is -2.19. The summed E-state index contributed by atoms with van der Waals surface area (Å²) in [5, 5.41) is 4.97. The molecule has 0 fully saturated rings. The lowest BCUT2D eigenvalue weighted by atomic mass is 9.87. The molecule has 0 radical (unpaired) electrons. The van der Waals surface area contributed by atoms with Crippen molar-refractivity contribution in [3.05, 3.63) is 109 Å². The van der Waals surface area contributed by atoms with Gasteiger partial charge in [-0.05, 0) is 58.5 Å². The Morgan fingerprint density at radius 2 is 1.17 bits per heavy atom. The molecule has 4 heteroatoms. The molecule has 0 unspecified atom stereocenters. The second-order valence-electron chi connectivity index (χ2n) is 10.4. The van der Waals surface area contributed by atoms with Crippen LogP contribution in [0.15, 0.2) is 103 Å². The molecule has 5 rings (SSSR count). The highest BCUT2D eigenvalue weighted by Gasteiger charge is 2.17. The monoisotopic (exact) mass is 472 g/mol. The van der Waals surface area contributed by atoms with Crippen LogP contribution in [0, 0.1) is 0 Å². The van der Waals surface area contributed by atoms with Crippen LogP contribution < -0.4 is 4.90 Å². The molecule has 0 aliphatic rings. The summed E-state index contributed by atoms with van der Waals surface area (Å²) in [7, 11) is 4.09. The summed E-state index contributed by atoms with van der Waals surface area (Å²) in [6.07, 6.45) is 0. The van der Waals surface area contributed by atoms with E-state index in [1.54, 1.807) is 0 Å². The number of anilines is 1. The fourth-order valence-electron chi connectivity index (χ4n) is 4.25. The first-order chi connectivity index (χ1) is 17.3. The lowest BCUT2D eigenvalue weighted by molar-refractivity contribution is 0.590. The average Bonchev–Trinajstić information content (AvgIpc) is 3.34. The number of hydrogen-bond acceptors (Lipinski definition) is 3. The van der Waals surface area contributed by atoms with Crippen molar-refractivity contribution in [1.29, 1.82) is 0 Å². The number of nitrogens with zero attached hydrogens (tertiary/aromatic N) is 4. The molecule has 0 aliphatic heterocycles. The summed E-state index contributed by atoms with van der Waals surface area (Å²) >= 11 is 0. The lowest BCUT2D eigenvalue weighted by Crippen LogP contribution is -2.11. The molecular weight excluding hydrogens is 440 g/mol. The molecule has 0 spiro atoms. The highest BCUT2D eigenvalue weighted by molar-refractivity contribution is 5.70. The van der Waals surface area contributed by atoms with Crippen molar-refractivity contribution in [3.8, 4) is 39.6 Å². The van der Waals surface area contributed by atoms with E-state index >= 15 is 0 Å². The van der Waals surface area contributed by atoms with E-state index in [0.29, 0.717) is 5.82 Å². The van der Waals surface area contributed by atoms with Crippen LogP contribution in [-0.2, 0) is 5.41 Å². The highest BCUT2D eigenvalue weighted by atomic mass is 15.4. The van der Waals surface area contributed by atoms with Crippen LogP contribution in [0.5, 0.6) is 0 Å². The van der Waals surface area contributed by atoms with Gasteiger partial charge in [-0.25, -0.2) is 9.67 Å². The van der Waals surface area contributed by atoms with Crippen molar-refractivity contribution in [1.82, 2.24) is 14.8 Å². The molecule has 1 heterocycles. The first kappa shape index (κ1) is 23.6. The zero-order valence-electron chi connectivity index (χ0n) is 21.6. The smallest absolute Gasteiger partial charge is 0.182 e. The molecule has 0 bridgehead atoms. The van der Waals surface area contributed by atoms with Crippen LogP contribution in [0.25, 0.3) is 39.6 Å². The van der Waals surface area contributed by atoms with Gasteiger partial charge < -0.3 is 4.90 Å². The van der Waals surface area contributed by atoms with E-state index in [9.17, 15) is 0 Å². The van der Waals surface area contributed by atoms with E-state index in [1.807, 2.05) is 24.8 Å². The molecule has 4 aromatic carbocycles. The maximum atomic E-state index is 5.01. The fraction of sp³-hybridized carbons (Fsp3) is 0.188. The predicted octanol–water partition coefficient (Wildman–Crippen LogP) is 7.63. The summed E-state index contributed by atoms with van der Waals surface area (Å²) < 4.78 is 1.96. The van der Waals surface area contributed by atoms with Gasteiger partial charge in [-0.3, -0.25) is 0 Å². The van der Waals surface area contributed by atoms with Gasteiger partial charge in [0.25, 0.3) is 0 Å². The number of benzene rings is 4. The Labute approximate surface area is 213 Å². The molecular formula is C32H32N4. The third kappa shape index (κ3) is 4.80. The van der Waals surface area contributed by atoms with Crippen molar-refractivity contribution < 1.29 is 0 Å². The van der Waals surface area contributed by atoms with Gasteiger partial charge in [-0.15, -0.1) is 5.10 Å². The molecule has 0 saturated carbocycles.